The van der Waals surface area contributed by atoms with Gasteiger partial charge in [-0.1, -0.05) is 66.0 Å². The summed E-state index contributed by atoms with van der Waals surface area (Å²) in [5, 5.41) is 10.3. The van der Waals surface area contributed by atoms with Crippen LogP contribution < -0.4 is 10.4 Å². The predicted octanol–water partition coefficient (Wildman–Crippen LogP) is 5.74. The monoisotopic (exact) mass is 488 g/mol. The van der Waals surface area contributed by atoms with Crippen LogP contribution in [0.25, 0.3) is 0 Å². The minimum atomic E-state index is -0.201. The summed E-state index contributed by atoms with van der Waals surface area (Å²) >= 11 is 18.7. The SMILES string of the molecule is C[C@H]1C(C(=O)NN2CC3C=CCC3C2)=NN(c2ccc(Cl)cc2Cl)[C@@H]1c1ccc(Cl)cc1. The number of hydrogen-bond donors (Lipinski definition) is 1. The highest BCUT2D eigenvalue weighted by molar-refractivity contribution is 6.41. The van der Waals surface area contributed by atoms with Crippen LogP contribution in [0.15, 0.2) is 59.7 Å². The number of hydrazone groups is 1. The Bertz CT molecular complexity index is 1100. The van der Waals surface area contributed by atoms with Gasteiger partial charge in [-0.25, -0.2) is 5.01 Å². The van der Waals surface area contributed by atoms with Crippen LogP contribution in [0.5, 0.6) is 0 Å². The molecular weight excluding hydrogens is 467 g/mol. The third-order valence-electron chi connectivity index (χ3n) is 6.56. The summed E-state index contributed by atoms with van der Waals surface area (Å²) in [5.41, 5.74) is 5.26. The molecule has 2 aromatic carbocycles. The molecule has 5 rings (SSSR count). The van der Waals surface area contributed by atoms with Gasteiger partial charge < -0.3 is 0 Å². The first-order valence-electron chi connectivity index (χ1n) is 10.7. The molecule has 166 valence electrons. The Balaban J connectivity index is 1.44. The summed E-state index contributed by atoms with van der Waals surface area (Å²) < 4.78 is 0. The molecule has 2 aliphatic heterocycles. The Kier molecular flexibility index (Phi) is 5.93. The summed E-state index contributed by atoms with van der Waals surface area (Å²) in [5.74, 6) is 0.770. The predicted molar refractivity (Wildman–Crippen MR) is 130 cm³/mol. The van der Waals surface area contributed by atoms with Gasteiger partial charge in [0.25, 0.3) is 5.91 Å². The highest BCUT2D eigenvalue weighted by atomic mass is 35.5. The van der Waals surface area contributed by atoms with Crippen molar-refractivity contribution in [1.29, 1.82) is 0 Å². The Morgan fingerprint density at radius 3 is 2.53 bits per heavy atom. The van der Waals surface area contributed by atoms with Gasteiger partial charge in [-0.3, -0.25) is 15.2 Å². The lowest BCUT2D eigenvalue weighted by molar-refractivity contribution is -0.119. The van der Waals surface area contributed by atoms with Gasteiger partial charge >= 0.3 is 0 Å². The van der Waals surface area contributed by atoms with Crippen molar-refractivity contribution in [3.63, 3.8) is 0 Å². The highest BCUT2D eigenvalue weighted by Crippen LogP contribution is 2.42. The summed E-state index contributed by atoms with van der Waals surface area (Å²) in [7, 11) is 0. The van der Waals surface area contributed by atoms with Gasteiger partial charge in [0, 0.05) is 29.1 Å². The van der Waals surface area contributed by atoms with Gasteiger partial charge in [-0.05, 0) is 54.2 Å². The molecule has 32 heavy (non-hydrogen) atoms. The first-order chi connectivity index (χ1) is 15.4. The van der Waals surface area contributed by atoms with E-state index in [2.05, 4.69) is 17.6 Å². The third-order valence-corrected chi connectivity index (χ3v) is 7.35. The standard InChI is InChI=1S/C24H23Cl3N4O/c1-14-22(24(32)29-30-12-16-3-2-4-17(16)13-30)28-31(21-10-9-19(26)11-20(21)27)23(14)15-5-7-18(25)8-6-15/h2-3,5-11,14,16-17,23H,4,12-13H2,1H3,(H,29,32)/t14-,16?,17?,23-/m0/s1. The normalized spacial score (nSPS) is 27.0. The fraction of sp³-hybridized carbons (Fsp3) is 0.333. The quantitative estimate of drug-likeness (QED) is 0.557. The van der Waals surface area contributed by atoms with Crippen LogP contribution in [-0.4, -0.2) is 29.7 Å². The molecule has 1 saturated heterocycles. The Morgan fingerprint density at radius 2 is 1.81 bits per heavy atom. The summed E-state index contributed by atoms with van der Waals surface area (Å²) in [6.07, 6.45) is 5.57. The molecule has 0 radical (unpaired) electrons. The zero-order valence-electron chi connectivity index (χ0n) is 17.5. The maximum absolute atomic E-state index is 13.3. The third kappa shape index (κ3) is 4.03. The second kappa shape index (κ2) is 8.71. The van der Waals surface area contributed by atoms with Crippen molar-refractivity contribution in [2.24, 2.45) is 22.9 Å². The Hall–Kier alpha value is -2.05. The molecule has 0 bridgehead atoms. The maximum atomic E-state index is 13.3. The van der Waals surface area contributed by atoms with Gasteiger partial charge in [-0.15, -0.1) is 0 Å². The number of hydrogen-bond acceptors (Lipinski definition) is 4. The van der Waals surface area contributed by atoms with E-state index in [0.29, 0.717) is 38.3 Å². The molecule has 0 spiro atoms. The van der Waals surface area contributed by atoms with Crippen LogP contribution in [0.3, 0.4) is 0 Å². The van der Waals surface area contributed by atoms with Crippen LogP contribution in [0.2, 0.25) is 15.1 Å². The molecule has 4 atom stereocenters. The lowest BCUT2D eigenvalue weighted by atomic mass is 9.91. The van der Waals surface area contributed by atoms with Crippen LogP contribution in [0.1, 0.15) is 24.9 Å². The molecule has 1 aliphatic carbocycles. The Morgan fingerprint density at radius 1 is 1.06 bits per heavy atom. The van der Waals surface area contributed by atoms with Gasteiger partial charge in [0.05, 0.1) is 16.8 Å². The van der Waals surface area contributed by atoms with E-state index < -0.39 is 0 Å². The molecule has 3 aliphatic rings. The molecule has 0 aromatic heterocycles. The molecule has 5 nitrogen and oxygen atoms in total. The van der Waals surface area contributed by atoms with Crippen LogP contribution in [0, 0.1) is 17.8 Å². The van der Waals surface area contributed by atoms with E-state index in [1.807, 2.05) is 47.3 Å². The van der Waals surface area contributed by atoms with E-state index in [9.17, 15) is 4.79 Å². The molecular formula is C24H23Cl3N4O. The second-order valence-corrected chi connectivity index (χ2v) is 9.92. The molecule has 2 aromatic rings. The van der Waals surface area contributed by atoms with Crippen molar-refractivity contribution in [2.75, 3.05) is 18.1 Å². The van der Waals surface area contributed by atoms with Crippen molar-refractivity contribution in [1.82, 2.24) is 10.4 Å². The molecule has 8 heteroatoms. The number of amides is 1. The number of benzene rings is 2. The maximum Gasteiger partial charge on any atom is 0.282 e. The van der Waals surface area contributed by atoms with Crippen LogP contribution >= 0.6 is 34.8 Å². The number of fused-ring (bicyclic) bond motifs is 1. The van der Waals surface area contributed by atoms with Crippen molar-refractivity contribution in [3.8, 4) is 0 Å². The zero-order chi connectivity index (χ0) is 22.4. The minimum absolute atomic E-state index is 0.162. The fourth-order valence-electron chi connectivity index (χ4n) is 4.93. The van der Waals surface area contributed by atoms with Crippen molar-refractivity contribution in [3.05, 3.63) is 75.2 Å². The number of rotatable bonds is 4. The topological polar surface area (TPSA) is 47.9 Å². The first-order valence-corrected chi connectivity index (χ1v) is 11.8. The van der Waals surface area contributed by atoms with Gasteiger partial charge in [0.1, 0.15) is 5.71 Å². The largest absolute Gasteiger partial charge is 0.284 e. The van der Waals surface area contributed by atoms with E-state index in [4.69, 9.17) is 39.9 Å². The highest BCUT2D eigenvalue weighted by Gasteiger charge is 2.41. The molecule has 2 heterocycles. The lowest BCUT2D eigenvalue weighted by Gasteiger charge is -2.27. The number of nitrogens with zero attached hydrogens (tertiary/aromatic N) is 3. The van der Waals surface area contributed by atoms with E-state index >= 15 is 0 Å². The zero-order valence-corrected chi connectivity index (χ0v) is 19.8. The first kappa shape index (κ1) is 21.8. The van der Waals surface area contributed by atoms with Crippen molar-refractivity contribution in [2.45, 2.75) is 19.4 Å². The number of halogens is 3. The number of hydrazine groups is 1. The number of carbonyl (C=O) groups excluding carboxylic acids is 1. The minimum Gasteiger partial charge on any atom is -0.284 e. The van der Waals surface area contributed by atoms with E-state index in [1.165, 1.54) is 0 Å². The lowest BCUT2D eigenvalue weighted by Crippen LogP contribution is -2.45. The second-order valence-electron chi connectivity index (χ2n) is 8.64. The van der Waals surface area contributed by atoms with E-state index in [0.717, 1.165) is 25.1 Å². The number of anilines is 1. The molecule has 0 saturated carbocycles. The van der Waals surface area contributed by atoms with Crippen molar-refractivity contribution >= 4 is 52.1 Å². The smallest absolute Gasteiger partial charge is 0.282 e. The van der Waals surface area contributed by atoms with Gasteiger partial charge in [0.15, 0.2) is 0 Å². The molecule has 2 unspecified atom stereocenters. The number of nitrogens with one attached hydrogen (secondary N) is 1. The average molecular weight is 490 g/mol. The van der Waals surface area contributed by atoms with E-state index in [1.54, 1.807) is 12.1 Å². The number of carbonyl (C=O) groups is 1. The summed E-state index contributed by atoms with van der Waals surface area (Å²) in [6, 6.07) is 12.7. The van der Waals surface area contributed by atoms with Crippen LogP contribution in [0.4, 0.5) is 5.69 Å². The number of allylic oxidation sites excluding steroid dienone is 1. The van der Waals surface area contributed by atoms with Crippen LogP contribution in [-0.2, 0) is 4.79 Å². The van der Waals surface area contributed by atoms with Crippen molar-refractivity contribution < 1.29 is 4.79 Å². The van der Waals surface area contributed by atoms with E-state index in [-0.39, 0.29) is 17.9 Å². The fourth-order valence-corrected chi connectivity index (χ4v) is 5.55. The van der Waals surface area contributed by atoms with Gasteiger partial charge in [-0.2, -0.15) is 5.10 Å². The van der Waals surface area contributed by atoms with Gasteiger partial charge in [0.2, 0.25) is 0 Å². The molecule has 1 amide bonds. The Labute approximate surface area is 202 Å². The average Bonchev–Trinajstić information content (AvgIpc) is 3.42. The summed E-state index contributed by atoms with van der Waals surface area (Å²) in [4.78, 5) is 13.3. The molecule has 1 fully saturated rings. The molecule has 1 N–H and O–H groups in total. The summed E-state index contributed by atoms with van der Waals surface area (Å²) in [6.45, 7) is 3.71.